The quantitative estimate of drug-likeness (QED) is 0.840. The fourth-order valence-corrected chi connectivity index (χ4v) is 2.70. The van der Waals surface area contributed by atoms with Crippen LogP contribution in [0, 0.1) is 28.6 Å². The van der Waals surface area contributed by atoms with E-state index in [1.54, 1.807) is 36.4 Å². The number of aliphatic hydroxyl groups is 1. The molecule has 1 heterocycles. The number of carboxylic acid groups (broad SMARTS) is 1. The highest BCUT2D eigenvalue weighted by Gasteiger charge is 2.57. The number of ether oxygens (including phenoxy) is 1. The maximum absolute atomic E-state index is 11.3. The molecule has 1 fully saturated rings. The van der Waals surface area contributed by atoms with Crippen LogP contribution in [0.1, 0.15) is 21.5 Å². The second kappa shape index (κ2) is 6.41. The zero-order chi connectivity index (χ0) is 17.9. The van der Waals surface area contributed by atoms with Crippen molar-refractivity contribution in [2.24, 2.45) is 5.41 Å². The monoisotopic (exact) mass is 333 g/mol. The van der Waals surface area contributed by atoms with Crippen molar-refractivity contribution in [2.45, 2.75) is 5.60 Å². The van der Waals surface area contributed by atoms with Crippen LogP contribution in [0.15, 0.2) is 54.6 Å². The van der Waals surface area contributed by atoms with Crippen molar-refractivity contribution < 1.29 is 19.7 Å². The normalized spacial score (nSPS) is 17.1. The van der Waals surface area contributed by atoms with E-state index < -0.39 is 17.0 Å². The summed E-state index contributed by atoms with van der Waals surface area (Å²) in [5, 5.41) is 30.0. The molecule has 5 nitrogen and oxygen atoms in total. The molecule has 1 saturated heterocycles. The average molecular weight is 333 g/mol. The van der Waals surface area contributed by atoms with E-state index in [1.807, 2.05) is 6.07 Å². The summed E-state index contributed by atoms with van der Waals surface area (Å²) in [6.07, 6.45) is 0. The van der Waals surface area contributed by atoms with Crippen LogP contribution in [0.25, 0.3) is 0 Å². The van der Waals surface area contributed by atoms with Gasteiger partial charge in [0.15, 0.2) is 5.60 Å². The minimum Gasteiger partial charge on any atom is -0.478 e. The predicted octanol–water partition coefficient (Wildman–Crippen LogP) is 2.16. The van der Waals surface area contributed by atoms with Crippen LogP contribution in [-0.2, 0) is 10.3 Å². The first-order chi connectivity index (χ1) is 12.0. The number of hydrogen-bond donors (Lipinski definition) is 2. The maximum atomic E-state index is 11.3. The smallest absolute Gasteiger partial charge is 0.335 e. The highest BCUT2D eigenvalue weighted by molar-refractivity contribution is 5.88. The Morgan fingerprint density at radius 1 is 1.16 bits per heavy atom. The Hall–Kier alpha value is -3.12. The van der Waals surface area contributed by atoms with Gasteiger partial charge in [-0.25, -0.2) is 4.79 Å². The molecule has 25 heavy (non-hydrogen) atoms. The van der Waals surface area contributed by atoms with E-state index in [9.17, 15) is 15.2 Å². The molecular weight excluding hydrogens is 318 g/mol. The van der Waals surface area contributed by atoms with Gasteiger partial charge >= 0.3 is 5.97 Å². The van der Waals surface area contributed by atoms with Gasteiger partial charge in [-0.1, -0.05) is 48.2 Å². The Balaban J connectivity index is 2.08. The summed E-state index contributed by atoms with van der Waals surface area (Å²) in [6.45, 7) is 0.164. The van der Waals surface area contributed by atoms with Gasteiger partial charge in [0.05, 0.1) is 24.8 Å². The molecule has 1 atom stereocenters. The summed E-state index contributed by atoms with van der Waals surface area (Å²) in [5.41, 5.74) is -1.83. The number of nitriles is 1. The minimum absolute atomic E-state index is 0.0821. The maximum Gasteiger partial charge on any atom is 0.335 e. The van der Waals surface area contributed by atoms with E-state index >= 15 is 0 Å². The van der Waals surface area contributed by atoms with Crippen molar-refractivity contribution in [3.63, 3.8) is 0 Å². The summed E-state index contributed by atoms with van der Waals surface area (Å²) in [6, 6.07) is 17.0. The Labute approximate surface area is 145 Å². The molecule has 1 aliphatic heterocycles. The largest absolute Gasteiger partial charge is 0.478 e. The molecule has 2 aromatic rings. The molecule has 0 spiro atoms. The molecule has 0 aliphatic carbocycles. The molecule has 2 N–H and O–H groups in total. The van der Waals surface area contributed by atoms with Gasteiger partial charge < -0.3 is 14.9 Å². The van der Waals surface area contributed by atoms with E-state index in [2.05, 4.69) is 17.9 Å². The lowest BCUT2D eigenvalue weighted by atomic mass is 9.68. The van der Waals surface area contributed by atoms with Crippen molar-refractivity contribution in [1.82, 2.24) is 0 Å². The SMILES string of the molecule is N#CC1([C@@](O)(C#Cc2cccc(C(=O)O)c2)c2ccccc2)COC1. The molecule has 0 amide bonds. The number of carboxylic acids is 1. The zero-order valence-electron chi connectivity index (χ0n) is 13.3. The van der Waals surface area contributed by atoms with Crippen LogP contribution >= 0.6 is 0 Å². The van der Waals surface area contributed by atoms with Crippen LogP contribution in [0.5, 0.6) is 0 Å². The van der Waals surface area contributed by atoms with E-state index in [0.717, 1.165) is 0 Å². The molecule has 1 aliphatic rings. The van der Waals surface area contributed by atoms with Crippen molar-refractivity contribution in [2.75, 3.05) is 13.2 Å². The van der Waals surface area contributed by atoms with Gasteiger partial charge in [-0.05, 0) is 23.8 Å². The topological polar surface area (TPSA) is 90.5 Å². The highest BCUT2D eigenvalue weighted by Crippen LogP contribution is 2.44. The lowest BCUT2D eigenvalue weighted by Gasteiger charge is -2.45. The Morgan fingerprint density at radius 2 is 1.88 bits per heavy atom. The van der Waals surface area contributed by atoms with E-state index in [-0.39, 0.29) is 18.8 Å². The van der Waals surface area contributed by atoms with Crippen LogP contribution in [-0.4, -0.2) is 29.4 Å². The number of nitrogens with zero attached hydrogens (tertiary/aromatic N) is 1. The van der Waals surface area contributed by atoms with Crippen molar-refractivity contribution >= 4 is 5.97 Å². The molecule has 124 valence electrons. The van der Waals surface area contributed by atoms with Crippen molar-refractivity contribution in [3.05, 3.63) is 71.3 Å². The van der Waals surface area contributed by atoms with Gasteiger partial charge in [0.25, 0.3) is 0 Å². The van der Waals surface area contributed by atoms with Crippen molar-refractivity contribution in [3.8, 4) is 17.9 Å². The van der Waals surface area contributed by atoms with Gasteiger partial charge in [-0.3, -0.25) is 0 Å². The van der Waals surface area contributed by atoms with Gasteiger partial charge in [0, 0.05) is 5.56 Å². The molecule has 0 radical (unpaired) electrons. The Kier molecular flexibility index (Phi) is 4.29. The molecule has 0 aromatic heterocycles. The number of aromatic carboxylic acids is 1. The summed E-state index contributed by atoms with van der Waals surface area (Å²) >= 11 is 0. The fraction of sp³-hybridized carbons (Fsp3) is 0.200. The summed E-state index contributed by atoms with van der Waals surface area (Å²) in [7, 11) is 0. The minimum atomic E-state index is -1.72. The molecule has 0 saturated carbocycles. The lowest BCUT2D eigenvalue weighted by Crippen LogP contribution is -2.56. The van der Waals surface area contributed by atoms with Crippen LogP contribution in [0.2, 0.25) is 0 Å². The second-order valence-corrected chi connectivity index (χ2v) is 5.90. The number of rotatable bonds is 3. The first-order valence-corrected chi connectivity index (χ1v) is 7.64. The van der Waals surface area contributed by atoms with Crippen LogP contribution < -0.4 is 0 Å². The first kappa shape index (κ1) is 16.7. The molecule has 0 unspecified atom stereocenters. The van der Waals surface area contributed by atoms with E-state index in [0.29, 0.717) is 11.1 Å². The third kappa shape index (κ3) is 2.88. The Morgan fingerprint density at radius 3 is 2.44 bits per heavy atom. The van der Waals surface area contributed by atoms with Gasteiger partial charge in [0.2, 0.25) is 0 Å². The predicted molar refractivity (Wildman–Crippen MR) is 89.5 cm³/mol. The van der Waals surface area contributed by atoms with Crippen molar-refractivity contribution in [1.29, 1.82) is 5.26 Å². The van der Waals surface area contributed by atoms with Gasteiger partial charge in [-0.15, -0.1) is 0 Å². The standard InChI is InChI=1S/C20H15NO4/c21-12-19(13-25-14-19)20(24,17-7-2-1-3-8-17)10-9-15-5-4-6-16(11-15)18(22)23/h1-8,11,24H,13-14H2,(H,22,23)/t20-/m1/s1. The molecule has 3 rings (SSSR count). The van der Waals surface area contributed by atoms with Crippen LogP contribution in [0.4, 0.5) is 0 Å². The first-order valence-electron chi connectivity index (χ1n) is 7.64. The average Bonchev–Trinajstić information content (AvgIpc) is 2.60. The number of carbonyl (C=O) groups is 1. The molecule has 5 heteroatoms. The van der Waals surface area contributed by atoms with Gasteiger partial charge in [-0.2, -0.15) is 5.26 Å². The molecule has 2 aromatic carbocycles. The summed E-state index contributed by atoms with van der Waals surface area (Å²) < 4.78 is 5.17. The summed E-state index contributed by atoms with van der Waals surface area (Å²) in [5.74, 6) is 4.56. The van der Waals surface area contributed by atoms with Gasteiger partial charge in [0.1, 0.15) is 5.41 Å². The number of hydrogen-bond acceptors (Lipinski definition) is 4. The second-order valence-electron chi connectivity index (χ2n) is 5.90. The van der Waals surface area contributed by atoms with E-state index in [4.69, 9.17) is 9.84 Å². The van der Waals surface area contributed by atoms with E-state index in [1.165, 1.54) is 12.1 Å². The highest BCUT2D eigenvalue weighted by atomic mass is 16.5. The lowest BCUT2D eigenvalue weighted by molar-refractivity contribution is -0.170. The fourth-order valence-electron chi connectivity index (χ4n) is 2.70. The van der Waals surface area contributed by atoms with Crippen LogP contribution in [0.3, 0.4) is 0 Å². The molecular formula is C20H15NO4. The third-order valence-corrected chi connectivity index (χ3v) is 4.29. The number of benzene rings is 2. The summed E-state index contributed by atoms with van der Waals surface area (Å²) in [4.78, 5) is 11.1. The zero-order valence-corrected chi connectivity index (χ0v) is 13.3. The Bertz CT molecular complexity index is 901. The third-order valence-electron chi connectivity index (χ3n) is 4.29. The molecule has 0 bridgehead atoms.